The molecule has 2 aliphatic heterocycles. The van der Waals surface area contributed by atoms with E-state index in [-0.39, 0.29) is 23.9 Å². The van der Waals surface area contributed by atoms with Crippen LogP contribution in [-0.2, 0) is 13.0 Å². The normalized spacial score (nSPS) is 16.3. The molecule has 0 unspecified atom stereocenters. The molecule has 0 radical (unpaired) electrons. The molecule has 0 atom stereocenters. The fraction of sp³-hybridized carbons (Fsp3) is 0.440. The van der Waals surface area contributed by atoms with Crippen LogP contribution in [0.2, 0.25) is 0 Å². The first-order chi connectivity index (χ1) is 17.0. The van der Waals surface area contributed by atoms with E-state index in [0.29, 0.717) is 36.1 Å². The summed E-state index contributed by atoms with van der Waals surface area (Å²) >= 11 is 0. The standard InChI is InChI=1S/C25H29F2N7O/c1-16(2)34-7-8-35-25-19(26)9-18(10-21(25)34)24-20(27)14-31-23(32-24)11-22-29-12-17(13-30-22)15-33-5-3-28-4-6-33/h9-10,12-14,16,28H,3-8,11,15H2,1-2H3. The lowest BCUT2D eigenvalue weighted by Gasteiger charge is -2.34. The Morgan fingerprint density at radius 1 is 0.971 bits per heavy atom. The van der Waals surface area contributed by atoms with Gasteiger partial charge in [0.1, 0.15) is 23.9 Å². The van der Waals surface area contributed by atoms with Gasteiger partial charge in [-0.05, 0) is 26.0 Å². The van der Waals surface area contributed by atoms with E-state index in [2.05, 4.69) is 30.2 Å². The third-order valence-corrected chi connectivity index (χ3v) is 6.29. The Morgan fingerprint density at radius 3 is 2.46 bits per heavy atom. The smallest absolute Gasteiger partial charge is 0.178 e. The van der Waals surface area contributed by atoms with Gasteiger partial charge >= 0.3 is 0 Å². The van der Waals surface area contributed by atoms with Crippen LogP contribution >= 0.6 is 0 Å². The van der Waals surface area contributed by atoms with Crippen molar-refractivity contribution in [1.82, 2.24) is 30.2 Å². The number of fused-ring (bicyclic) bond motifs is 1. The predicted molar refractivity (Wildman–Crippen MR) is 128 cm³/mol. The molecule has 0 aliphatic carbocycles. The highest BCUT2D eigenvalue weighted by molar-refractivity contribution is 5.72. The quantitative estimate of drug-likeness (QED) is 0.576. The number of anilines is 1. The van der Waals surface area contributed by atoms with Gasteiger partial charge in [0, 0.05) is 62.3 Å². The van der Waals surface area contributed by atoms with Gasteiger partial charge in [-0.3, -0.25) is 4.90 Å². The lowest BCUT2D eigenvalue weighted by Crippen LogP contribution is -2.42. The van der Waals surface area contributed by atoms with Gasteiger partial charge in [-0.1, -0.05) is 0 Å². The van der Waals surface area contributed by atoms with E-state index >= 15 is 0 Å². The third kappa shape index (κ3) is 5.23. The molecular formula is C25H29F2N7O. The maximum absolute atomic E-state index is 14.9. The molecule has 184 valence electrons. The van der Waals surface area contributed by atoms with Crippen molar-refractivity contribution in [3.63, 3.8) is 0 Å². The second-order valence-electron chi connectivity index (χ2n) is 9.14. The molecule has 0 saturated carbocycles. The van der Waals surface area contributed by atoms with Crippen LogP contribution in [0.5, 0.6) is 5.75 Å². The molecule has 0 spiro atoms. The lowest BCUT2D eigenvalue weighted by molar-refractivity contribution is 0.232. The van der Waals surface area contributed by atoms with Crippen LogP contribution in [0.3, 0.4) is 0 Å². The van der Waals surface area contributed by atoms with Crippen LogP contribution < -0.4 is 15.0 Å². The van der Waals surface area contributed by atoms with Crippen LogP contribution in [0.1, 0.15) is 31.1 Å². The van der Waals surface area contributed by atoms with Gasteiger partial charge in [0.25, 0.3) is 0 Å². The highest BCUT2D eigenvalue weighted by Crippen LogP contribution is 2.39. The molecule has 10 heteroatoms. The molecule has 5 rings (SSSR count). The molecule has 2 aliphatic rings. The van der Waals surface area contributed by atoms with E-state index < -0.39 is 11.6 Å². The van der Waals surface area contributed by atoms with Crippen LogP contribution in [0.25, 0.3) is 11.3 Å². The number of hydrogen-bond acceptors (Lipinski definition) is 8. The maximum Gasteiger partial charge on any atom is 0.178 e. The second kappa shape index (κ2) is 10.2. The highest BCUT2D eigenvalue weighted by atomic mass is 19.1. The van der Waals surface area contributed by atoms with Gasteiger partial charge in [0.15, 0.2) is 17.4 Å². The number of halogens is 2. The average molecular weight is 482 g/mol. The zero-order valence-corrected chi connectivity index (χ0v) is 20.0. The molecule has 0 amide bonds. The fourth-order valence-corrected chi connectivity index (χ4v) is 4.49. The van der Waals surface area contributed by atoms with Crippen molar-refractivity contribution < 1.29 is 13.5 Å². The minimum atomic E-state index is -0.617. The Kier molecular flexibility index (Phi) is 6.83. The third-order valence-electron chi connectivity index (χ3n) is 6.29. The first-order valence-corrected chi connectivity index (χ1v) is 12.0. The van der Waals surface area contributed by atoms with Crippen molar-refractivity contribution >= 4 is 5.69 Å². The number of benzene rings is 1. The Balaban J connectivity index is 1.37. The number of ether oxygens (including phenoxy) is 1. The second-order valence-corrected chi connectivity index (χ2v) is 9.14. The summed E-state index contributed by atoms with van der Waals surface area (Å²) in [6.07, 6.45) is 4.99. The van der Waals surface area contributed by atoms with Gasteiger partial charge in [-0.2, -0.15) is 0 Å². The van der Waals surface area contributed by atoms with E-state index in [0.717, 1.165) is 44.5 Å². The summed E-state index contributed by atoms with van der Waals surface area (Å²) in [5, 5.41) is 3.34. The predicted octanol–water partition coefficient (Wildman–Crippen LogP) is 2.82. The Morgan fingerprint density at radius 2 is 1.71 bits per heavy atom. The summed E-state index contributed by atoms with van der Waals surface area (Å²) in [5.74, 6) is -0.0503. The van der Waals surface area contributed by atoms with Crippen LogP contribution in [0.15, 0.2) is 30.7 Å². The summed E-state index contributed by atoms with van der Waals surface area (Å²) in [6, 6.07) is 3.14. The van der Waals surface area contributed by atoms with Gasteiger partial charge in [0.2, 0.25) is 0 Å². The average Bonchev–Trinajstić information content (AvgIpc) is 2.86. The van der Waals surface area contributed by atoms with E-state index in [9.17, 15) is 8.78 Å². The zero-order valence-electron chi connectivity index (χ0n) is 20.0. The lowest BCUT2D eigenvalue weighted by atomic mass is 10.1. The van der Waals surface area contributed by atoms with E-state index in [4.69, 9.17) is 4.74 Å². The van der Waals surface area contributed by atoms with Gasteiger partial charge in [-0.15, -0.1) is 0 Å². The van der Waals surface area contributed by atoms with Gasteiger partial charge in [-0.25, -0.2) is 28.7 Å². The molecule has 1 aromatic carbocycles. The summed E-state index contributed by atoms with van der Waals surface area (Å²) in [6.45, 7) is 9.86. The highest BCUT2D eigenvalue weighted by Gasteiger charge is 2.25. The van der Waals surface area contributed by atoms with Gasteiger partial charge < -0.3 is 15.0 Å². The first kappa shape index (κ1) is 23.5. The van der Waals surface area contributed by atoms with E-state index in [1.54, 1.807) is 6.07 Å². The van der Waals surface area contributed by atoms with Crippen LogP contribution in [0, 0.1) is 11.6 Å². The van der Waals surface area contributed by atoms with Crippen molar-refractivity contribution in [1.29, 1.82) is 0 Å². The minimum absolute atomic E-state index is 0.0429. The molecule has 1 saturated heterocycles. The van der Waals surface area contributed by atoms with Crippen molar-refractivity contribution in [3.8, 4) is 17.0 Å². The molecule has 8 nitrogen and oxygen atoms in total. The van der Waals surface area contributed by atoms with Crippen molar-refractivity contribution in [3.05, 3.63) is 59.6 Å². The Labute approximate surface area is 203 Å². The van der Waals surface area contributed by atoms with Gasteiger partial charge in [0.05, 0.1) is 24.8 Å². The van der Waals surface area contributed by atoms with Crippen molar-refractivity contribution in [2.24, 2.45) is 0 Å². The SMILES string of the molecule is CC(C)N1CCOc2c(F)cc(-c3nc(Cc4ncc(CN5CCNCC5)cn4)ncc3F)cc21. The van der Waals surface area contributed by atoms with E-state index in [1.807, 2.05) is 31.1 Å². The number of nitrogens with one attached hydrogen (secondary N) is 1. The first-order valence-electron chi connectivity index (χ1n) is 12.0. The monoisotopic (exact) mass is 481 g/mol. The number of aromatic nitrogens is 4. The molecule has 35 heavy (non-hydrogen) atoms. The molecule has 1 N–H and O–H groups in total. The number of piperazine rings is 1. The largest absolute Gasteiger partial charge is 0.486 e. The molecular weight excluding hydrogens is 452 g/mol. The maximum atomic E-state index is 14.9. The minimum Gasteiger partial charge on any atom is -0.486 e. The number of rotatable bonds is 6. The van der Waals surface area contributed by atoms with Crippen molar-refractivity contribution in [2.75, 3.05) is 44.2 Å². The summed E-state index contributed by atoms with van der Waals surface area (Å²) in [4.78, 5) is 21.8. The number of nitrogens with zero attached hydrogens (tertiary/aromatic N) is 6. The summed E-state index contributed by atoms with van der Waals surface area (Å²) < 4.78 is 35.2. The summed E-state index contributed by atoms with van der Waals surface area (Å²) in [5.41, 5.74) is 2.02. The van der Waals surface area contributed by atoms with E-state index in [1.165, 1.54) is 6.07 Å². The van der Waals surface area contributed by atoms with Crippen molar-refractivity contribution in [2.45, 2.75) is 32.9 Å². The molecule has 1 fully saturated rings. The zero-order chi connectivity index (χ0) is 24.4. The topological polar surface area (TPSA) is 79.3 Å². The van der Waals surface area contributed by atoms with Crippen LogP contribution in [-0.4, -0.2) is 70.2 Å². The fourth-order valence-electron chi connectivity index (χ4n) is 4.49. The Bertz CT molecular complexity index is 1180. The molecule has 2 aromatic heterocycles. The molecule has 4 heterocycles. The van der Waals surface area contributed by atoms with Crippen LogP contribution in [0.4, 0.5) is 14.5 Å². The molecule has 3 aromatic rings. The number of hydrogen-bond donors (Lipinski definition) is 1. The summed E-state index contributed by atoms with van der Waals surface area (Å²) in [7, 11) is 0. The Hall–Kier alpha value is -3.24. The molecule has 0 bridgehead atoms.